The maximum absolute atomic E-state index is 13.1. The quantitative estimate of drug-likeness (QED) is 0.669. The zero-order valence-corrected chi connectivity index (χ0v) is 11.8. The Morgan fingerprint density at radius 3 is 2.76 bits per heavy atom. The van der Waals surface area contributed by atoms with Gasteiger partial charge in [-0.2, -0.15) is 0 Å². The van der Waals surface area contributed by atoms with Gasteiger partial charge in [0, 0.05) is 23.6 Å². The highest BCUT2D eigenvalue weighted by atomic mass is 35.5. The van der Waals surface area contributed by atoms with Crippen LogP contribution in [0, 0.1) is 5.82 Å². The van der Waals surface area contributed by atoms with E-state index >= 15 is 0 Å². The minimum absolute atomic E-state index is 0.0277. The summed E-state index contributed by atoms with van der Waals surface area (Å²) in [4.78, 5) is 16.7. The molecule has 2 aromatic carbocycles. The monoisotopic (exact) mass is 299 g/mol. The van der Waals surface area contributed by atoms with Crippen molar-refractivity contribution < 1.29 is 9.18 Å². The van der Waals surface area contributed by atoms with E-state index in [9.17, 15) is 9.18 Å². The van der Waals surface area contributed by atoms with Gasteiger partial charge < -0.3 is 0 Å². The zero-order chi connectivity index (χ0) is 14.8. The number of nitrogens with zero attached hydrogens (tertiary/aromatic N) is 1. The van der Waals surface area contributed by atoms with Crippen molar-refractivity contribution in [1.29, 1.82) is 0 Å². The molecule has 0 atom stereocenters. The van der Waals surface area contributed by atoms with Crippen molar-refractivity contribution >= 4 is 28.3 Å². The Hall–Kier alpha value is -2.26. The highest BCUT2D eigenvalue weighted by Crippen LogP contribution is 2.20. The van der Waals surface area contributed by atoms with Gasteiger partial charge in [0.15, 0.2) is 5.78 Å². The van der Waals surface area contributed by atoms with Crippen molar-refractivity contribution in [3.8, 4) is 0 Å². The standard InChI is InChI=1S/C17H11ClFNO/c18-14-9-11(5-6-15(14)19)10-17(21)13-7-8-20-16-4-2-1-3-12(13)16/h1-9H,10H2. The molecule has 3 rings (SSSR count). The Morgan fingerprint density at radius 1 is 1.14 bits per heavy atom. The van der Waals surface area contributed by atoms with E-state index in [4.69, 9.17) is 11.6 Å². The molecule has 3 aromatic rings. The van der Waals surface area contributed by atoms with Crippen LogP contribution in [0.4, 0.5) is 4.39 Å². The molecular weight excluding hydrogens is 289 g/mol. The second-order valence-corrected chi connectivity index (χ2v) is 5.13. The van der Waals surface area contributed by atoms with Gasteiger partial charge in [0.25, 0.3) is 0 Å². The summed E-state index contributed by atoms with van der Waals surface area (Å²) >= 11 is 5.74. The summed E-state index contributed by atoms with van der Waals surface area (Å²) < 4.78 is 13.1. The Morgan fingerprint density at radius 2 is 1.95 bits per heavy atom. The summed E-state index contributed by atoms with van der Waals surface area (Å²) in [5.41, 5.74) is 2.08. The largest absolute Gasteiger partial charge is 0.294 e. The van der Waals surface area contributed by atoms with E-state index < -0.39 is 5.82 Å². The number of pyridine rings is 1. The fourth-order valence-electron chi connectivity index (χ4n) is 2.27. The number of benzene rings is 2. The van der Waals surface area contributed by atoms with Gasteiger partial charge in [-0.3, -0.25) is 9.78 Å². The van der Waals surface area contributed by atoms with E-state index in [2.05, 4.69) is 4.98 Å². The van der Waals surface area contributed by atoms with Crippen LogP contribution < -0.4 is 0 Å². The molecule has 0 aliphatic heterocycles. The average Bonchev–Trinajstić information content (AvgIpc) is 2.50. The summed E-state index contributed by atoms with van der Waals surface area (Å²) in [6.07, 6.45) is 1.79. The number of carbonyl (C=O) groups is 1. The van der Waals surface area contributed by atoms with Crippen LogP contribution in [0.3, 0.4) is 0 Å². The number of Topliss-reactive ketones (excluding diaryl/α,β-unsaturated/α-hetero) is 1. The number of halogens is 2. The van der Waals surface area contributed by atoms with Crippen molar-refractivity contribution in [2.75, 3.05) is 0 Å². The lowest BCUT2D eigenvalue weighted by atomic mass is 10.00. The number of carbonyl (C=O) groups excluding carboxylic acids is 1. The zero-order valence-electron chi connectivity index (χ0n) is 11.0. The molecule has 0 radical (unpaired) electrons. The minimum atomic E-state index is -0.484. The van der Waals surface area contributed by atoms with Crippen LogP contribution in [0.1, 0.15) is 15.9 Å². The van der Waals surface area contributed by atoms with Crippen LogP contribution in [0.25, 0.3) is 10.9 Å². The molecule has 1 heterocycles. The van der Waals surface area contributed by atoms with Crippen LogP contribution in [-0.2, 0) is 6.42 Å². The molecule has 4 heteroatoms. The molecule has 104 valence electrons. The van der Waals surface area contributed by atoms with E-state index in [-0.39, 0.29) is 17.2 Å². The fraction of sp³-hybridized carbons (Fsp3) is 0.0588. The lowest BCUT2D eigenvalue weighted by molar-refractivity contribution is 0.0994. The number of hydrogen-bond donors (Lipinski definition) is 0. The molecule has 0 aliphatic carbocycles. The van der Waals surface area contributed by atoms with Crippen LogP contribution in [0.15, 0.2) is 54.7 Å². The highest BCUT2D eigenvalue weighted by molar-refractivity contribution is 6.30. The van der Waals surface area contributed by atoms with E-state index in [1.807, 2.05) is 24.3 Å². The molecule has 0 aliphatic rings. The first-order valence-corrected chi connectivity index (χ1v) is 6.84. The third-order valence-electron chi connectivity index (χ3n) is 3.30. The maximum atomic E-state index is 13.1. The van der Waals surface area contributed by atoms with Crippen LogP contribution >= 0.6 is 11.6 Å². The predicted molar refractivity (Wildman–Crippen MR) is 81.2 cm³/mol. The summed E-state index contributed by atoms with van der Waals surface area (Å²) in [6, 6.07) is 13.5. The van der Waals surface area contributed by atoms with Gasteiger partial charge in [-0.05, 0) is 29.8 Å². The smallest absolute Gasteiger partial charge is 0.167 e. The molecule has 0 saturated carbocycles. The first-order chi connectivity index (χ1) is 10.1. The van der Waals surface area contributed by atoms with Crippen molar-refractivity contribution in [2.24, 2.45) is 0 Å². The topological polar surface area (TPSA) is 30.0 Å². The average molecular weight is 300 g/mol. The van der Waals surface area contributed by atoms with Crippen molar-refractivity contribution in [3.05, 3.63) is 76.7 Å². The van der Waals surface area contributed by atoms with E-state index in [0.717, 1.165) is 10.9 Å². The van der Waals surface area contributed by atoms with Gasteiger partial charge in [-0.25, -0.2) is 4.39 Å². The number of ketones is 1. The number of rotatable bonds is 3. The Bertz CT molecular complexity index is 827. The third-order valence-corrected chi connectivity index (χ3v) is 3.59. The normalized spacial score (nSPS) is 10.8. The second kappa shape index (κ2) is 5.62. The van der Waals surface area contributed by atoms with E-state index in [1.165, 1.54) is 12.1 Å². The number of hydrogen-bond acceptors (Lipinski definition) is 2. The van der Waals surface area contributed by atoms with E-state index in [1.54, 1.807) is 18.3 Å². The lowest BCUT2D eigenvalue weighted by Gasteiger charge is -2.06. The van der Waals surface area contributed by atoms with Crippen LogP contribution in [-0.4, -0.2) is 10.8 Å². The summed E-state index contributed by atoms with van der Waals surface area (Å²) in [7, 11) is 0. The van der Waals surface area contributed by atoms with Gasteiger partial charge in [0.05, 0.1) is 10.5 Å². The summed E-state index contributed by atoms with van der Waals surface area (Å²) in [5, 5.41) is 0.845. The summed E-state index contributed by atoms with van der Waals surface area (Å²) in [6.45, 7) is 0. The van der Waals surface area contributed by atoms with Crippen molar-refractivity contribution in [2.45, 2.75) is 6.42 Å². The highest BCUT2D eigenvalue weighted by Gasteiger charge is 2.12. The molecule has 1 aromatic heterocycles. The van der Waals surface area contributed by atoms with Crippen LogP contribution in [0.2, 0.25) is 5.02 Å². The Labute approximate surface area is 126 Å². The first-order valence-electron chi connectivity index (χ1n) is 6.46. The molecule has 0 N–H and O–H groups in total. The summed E-state index contributed by atoms with van der Waals surface area (Å²) in [5.74, 6) is -0.529. The molecule has 0 spiro atoms. The molecule has 0 saturated heterocycles. The molecule has 2 nitrogen and oxygen atoms in total. The maximum Gasteiger partial charge on any atom is 0.167 e. The molecule has 0 fully saturated rings. The minimum Gasteiger partial charge on any atom is -0.294 e. The van der Waals surface area contributed by atoms with Gasteiger partial charge in [0.1, 0.15) is 5.82 Å². The van der Waals surface area contributed by atoms with Gasteiger partial charge in [-0.15, -0.1) is 0 Å². The Kier molecular flexibility index (Phi) is 3.67. The second-order valence-electron chi connectivity index (χ2n) is 4.72. The first kappa shape index (κ1) is 13.7. The van der Waals surface area contributed by atoms with Gasteiger partial charge in [0.2, 0.25) is 0 Å². The molecular formula is C17H11ClFNO. The molecule has 0 amide bonds. The SMILES string of the molecule is O=C(Cc1ccc(F)c(Cl)c1)c1ccnc2ccccc12. The fourth-order valence-corrected chi connectivity index (χ4v) is 2.47. The van der Waals surface area contributed by atoms with Crippen molar-refractivity contribution in [3.63, 3.8) is 0 Å². The van der Waals surface area contributed by atoms with Gasteiger partial charge >= 0.3 is 0 Å². The predicted octanol–water partition coefficient (Wildman–Crippen LogP) is 4.45. The lowest BCUT2D eigenvalue weighted by Crippen LogP contribution is -2.05. The molecule has 0 bridgehead atoms. The number of fused-ring (bicyclic) bond motifs is 1. The number of aromatic nitrogens is 1. The van der Waals surface area contributed by atoms with Gasteiger partial charge in [-0.1, -0.05) is 35.9 Å². The molecule has 21 heavy (non-hydrogen) atoms. The number of para-hydroxylation sites is 1. The third kappa shape index (κ3) is 2.78. The molecule has 0 unspecified atom stereocenters. The van der Waals surface area contributed by atoms with Crippen molar-refractivity contribution in [1.82, 2.24) is 4.98 Å². The Balaban J connectivity index is 1.95. The van der Waals surface area contributed by atoms with E-state index in [0.29, 0.717) is 11.1 Å². The van der Waals surface area contributed by atoms with Crippen LogP contribution in [0.5, 0.6) is 0 Å².